The van der Waals surface area contributed by atoms with Gasteiger partial charge in [-0.25, -0.2) is 0 Å². The van der Waals surface area contributed by atoms with Crippen molar-refractivity contribution in [1.29, 1.82) is 0 Å². The predicted octanol–water partition coefficient (Wildman–Crippen LogP) is 5.47. The number of hydrogen-bond acceptors (Lipinski definition) is 3. The van der Waals surface area contributed by atoms with Crippen molar-refractivity contribution < 1.29 is 9.53 Å². The summed E-state index contributed by atoms with van der Waals surface area (Å²) < 4.78 is 5.71. The minimum Gasteiger partial charge on any atom is -0.489 e. The van der Waals surface area contributed by atoms with Crippen LogP contribution in [-0.4, -0.2) is 5.91 Å². The second-order valence-electron chi connectivity index (χ2n) is 5.67. The molecular formula is C20H18ClNO2S. The topological polar surface area (TPSA) is 38.3 Å². The first-order chi connectivity index (χ1) is 12.1. The Balaban J connectivity index is 1.58. The number of carbonyl (C=O) groups excluding carboxylic acids is 1. The number of rotatable bonds is 6. The van der Waals surface area contributed by atoms with E-state index in [9.17, 15) is 4.79 Å². The maximum Gasteiger partial charge on any atom is 0.261 e. The second kappa shape index (κ2) is 8.19. The Morgan fingerprint density at radius 1 is 1.16 bits per heavy atom. The maximum absolute atomic E-state index is 12.4. The summed E-state index contributed by atoms with van der Waals surface area (Å²) in [4.78, 5) is 13.1. The Labute approximate surface area is 156 Å². The van der Waals surface area contributed by atoms with Crippen molar-refractivity contribution >= 4 is 28.8 Å². The molecule has 25 heavy (non-hydrogen) atoms. The van der Waals surface area contributed by atoms with Gasteiger partial charge in [-0.2, -0.15) is 0 Å². The maximum atomic E-state index is 12.4. The second-order valence-corrected chi connectivity index (χ2v) is 7.02. The van der Waals surface area contributed by atoms with E-state index in [-0.39, 0.29) is 11.9 Å². The zero-order valence-electron chi connectivity index (χ0n) is 13.7. The van der Waals surface area contributed by atoms with Crippen LogP contribution in [-0.2, 0) is 6.61 Å². The average molecular weight is 372 g/mol. The average Bonchev–Trinajstić information content (AvgIpc) is 3.10. The van der Waals surface area contributed by atoms with Gasteiger partial charge in [0.1, 0.15) is 12.4 Å². The number of amides is 1. The fourth-order valence-electron chi connectivity index (χ4n) is 2.39. The van der Waals surface area contributed by atoms with Crippen LogP contribution in [0.2, 0.25) is 5.02 Å². The van der Waals surface area contributed by atoms with E-state index in [0.717, 1.165) is 11.1 Å². The van der Waals surface area contributed by atoms with Crippen molar-refractivity contribution in [2.45, 2.75) is 19.6 Å². The van der Waals surface area contributed by atoms with E-state index in [1.807, 2.05) is 60.8 Å². The lowest BCUT2D eigenvalue weighted by Crippen LogP contribution is -2.25. The van der Waals surface area contributed by atoms with Gasteiger partial charge in [0, 0.05) is 10.6 Å². The van der Waals surface area contributed by atoms with Crippen LogP contribution >= 0.6 is 22.9 Å². The molecule has 1 unspecified atom stereocenters. The Bertz CT molecular complexity index is 848. The molecule has 0 aliphatic rings. The van der Waals surface area contributed by atoms with Crippen LogP contribution < -0.4 is 10.1 Å². The Hall–Kier alpha value is -2.30. The number of ether oxygens (including phenoxy) is 1. The lowest BCUT2D eigenvalue weighted by atomic mass is 10.1. The van der Waals surface area contributed by atoms with E-state index in [2.05, 4.69) is 5.32 Å². The van der Waals surface area contributed by atoms with Crippen molar-refractivity contribution in [2.24, 2.45) is 0 Å². The highest BCUT2D eigenvalue weighted by molar-refractivity contribution is 7.12. The minimum absolute atomic E-state index is 0.0399. The van der Waals surface area contributed by atoms with Gasteiger partial charge in [-0.05, 0) is 42.1 Å². The molecule has 0 spiro atoms. The molecule has 0 bridgehead atoms. The van der Waals surface area contributed by atoms with E-state index in [0.29, 0.717) is 22.3 Å². The number of carbonyl (C=O) groups is 1. The molecule has 3 aromatic rings. The van der Waals surface area contributed by atoms with Gasteiger partial charge in [-0.15, -0.1) is 11.3 Å². The molecule has 1 N–H and O–H groups in total. The molecule has 1 aromatic heterocycles. The third-order valence-electron chi connectivity index (χ3n) is 3.73. The van der Waals surface area contributed by atoms with Gasteiger partial charge < -0.3 is 10.1 Å². The quantitative estimate of drug-likeness (QED) is 0.623. The Morgan fingerprint density at radius 3 is 2.72 bits per heavy atom. The third-order valence-corrected chi connectivity index (χ3v) is 4.94. The monoisotopic (exact) mass is 371 g/mol. The molecule has 2 aromatic carbocycles. The Morgan fingerprint density at radius 2 is 1.96 bits per heavy atom. The molecule has 128 valence electrons. The summed E-state index contributed by atoms with van der Waals surface area (Å²) in [5.41, 5.74) is 2.04. The van der Waals surface area contributed by atoms with Gasteiger partial charge in [0.15, 0.2) is 0 Å². The highest BCUT2D eigenvalue weighted by Gasteiger charge is 2.13. The van der Waals surface area contributed by atoms with Crippen LogP contribution in [0.15, 0.2) is 66.0 Å². The summed E-state index contributed by atoms with van der Waals surface area (Å²) in [6, 6.07) is 19.0. The summed E-state index contributed by atoms with van der Waals surface area (Å²) in [5.74, 6) is 0.637. The molecule has 0 saturated carbocycles. The smallest absolute Gasteiger partial charge is 0.261 e. The molecule has 0 aliphatic heterocycles. The van der Waals surface area contributed by atoms with Gasteiger partial charge in [0.2, 0.25) is 0 Å². The van der Waals surface area contributed by atoms with Crippen LogP contribution in [0.3, 0.4) is 0 Å². The largest absolute Gasteiger partial charge is 0.489 e. The van der Waals surface area contributed by atoms with Crippen molar-refractivity contribution in [3.63, 3.8) is 0 Å². The van der Waals surface area contributed by atoms with Crippen molar-refractivity contribution in [3.05, 3.63) is 87.1 Å². The standard InChI is InChI=1S/C20H18ClNO2S/c1-14(16-6-3-2-4-7-16)22-20(23)19-10-15(13-25-19)12-24-18-9-5-8-17(21)11-18/h2-11,13-14H,12H2,1H3,(H,22,23). The zero-order valence-corrected chi connectivity index (χ0v) is 15.3. The first-order valence-electron chi connectivity index (χ1n) is 7.93. The highest BCUT2D eigenvalue weighted by atomic mass is 35.5. The molecule has 1 amide bonds. The molecule has 1 atom stereocenters. The molecule has 0 aliphatic carbocycles. The van der Waals surface area contributed by atoms with Crippen molar-refractivity contribution in [1.82, 2.24) is 5.32 Å². The number of nitrogens with one attached hydrogen (secondary N) is 1. The van der Waals surface area contributed by atoms with Gasteiger partial charge in [-0.3, -0.25) is 4.79 Å². The molecule has 3 nitrogen and oxygen atoms in total. The molecule has 0 fully saturated rings. The van der Waals surface area contributed by atoms with Crippen molar-refractivity contribution in [2.75, 3.05) is 0 Å². The van der Waals surface area contributed by atoms with Crippen LogP contribution in [0.5, 0.6) is 5.75 Å². The highest BCUT2D eigenvalue weighted by Crippen LogP contribution is 2.21. The normalized spacial score (nSPS) is 11.8. The third kappa shape index (κ3) is 4.84. The molecule has 3 rings (SSSR count). The number of halogens is 1. The number of thiophene rings is 1. The summed E-state index contributed by atoms with van der Waals surface area (Å²) in [6.07, 6.45) is 0. The predicted molar refractivity (Wildman–Crippen MR) is 102 cm³/mol. The van der Waals surface area contributed by atoms with E-state index < -0.39 is 0 Å². The fourth-order valence-corrected chi connectivity index (χ4v) is 3.37. The van der Waals surface area contributed by atoms with E-state index in [4.69, 9.17) is 16.3 Å². The molecule has 1 heterocycles. The van der Waals surface area contributed by atoms with Crippen LogP contribution in [0.25, 0.3) is 0 Å². The van der Waals surface area contributed by atoms with Gasteiger partial charge in [0.25, 0.3) is 5.91 Å². The summed E-state index contributed by atoms with van der Waals surface area (Å²) in [5, 5.41) is 5.59. The first kappa shape index (κ1) is 17.5. The number of hydrogen-bond donors (Lipinski definition) is 1. The van der Waals surface area contributed by atoms with Gasteiger partial charge in [-0.1, -0.05) is 48.0 Å². The Kier molecular flexibility index (Phi) is 5.74. The lowest BCUT2D eigenvalue weighted by molar-refractivity contribution is 0.0944. The molecule has 0 saturated heterocycles. The van der Waals surface area contributed by atoms with Gasteiger partial charge in [0.05, 0.1) is 10.9 Å². The summed E-state index contributed by atoms with van der Waals surface area (Å²) in [6.45, 7) is 2.38. The van der Waals surface area contributed by atoms with Gasteiger partial charge >= 0.3 is 0 Å². The van der Waals surface area contributed by atoms with E-state index in [1.165, 1.54) is 11.3 Å². The lowest BCUT2D eigenvalue weighted by Gasteiger charge is -2.13. The van der Waals surface area contributed by atoms with Crippen molar-refractivity contribution in [3.8, 4) is 5.75 Å². The summed E-state index contributed by atoms with van der Waals surface area (Å²) in [7, 11) is 0. The first-order valence-corrected chi connectivity index (χ1v) is 9.19. The molecule has 0 radical (unpaired) electrons. The van der Waals surface area contributed by atoms with E-state index >= 15 is 0 Å². The van der Waals surface area contributed by atoms with Crippen LogP contribution in [0.4, 0.5) is 0 Å². The molecular weight excluding hydrogens is 354 g/mol. The minimum atomic E-state index is -0.0737. The fraction of sp³-hybridized carbons (Fsp3) is 0.150. The SMILES string of the molecule is CC(NC(=O)c1cc(COc2cccc(Cl)c2)cs1)c1ccccc1. The molecule has 5 heteroatoms. The number of benzene rings is 2. The van der Waals surface area contributed by atoms with Crippen LogP contribution in [0, 0.1) is 0 Å². The summed E-state index contributed by atoms with van der Waals surface area (Å²) >= 11 is 7.36. The van der Waals surface area contributed by atoms with E-state index in [1.54, 1.807) is 12.1 Å². The van der Waals surface area contributed by atoms with Crippen LogP contribution in [0.1, 0.15) is 33.8 Å². The zero-order chi connectivity index (χ0) is 17.6.